The van der Waals surface area contributed by atoms with Crippen LogP contribution in [-0.2, 0) is 14.8 Å². The second kappa shape index (κ2) is 6.33. The summed E-state index contributed by atoms with van der Waals surface area (Å²) in [6.07, 6.45) is -0.277. The van der Waals surface area contributed by atoms with Gasteiger partial charge in [0.1, 0.15) is 0 Å². The molecule has 132 valence electrons. The first-order chi connectivity index (χ1) is 12.1. The summed E-state index contributed by atoms with van der Waals surface area (Å²) in [5, 5.41) is 0. The fourth-order valence-corrected chi connectivity index (χ4v) is 4.74. The Bertz CT molecular complexity index is 868. The largest absolute Gasteiger partial charge is 0.454 e. The Balaban J connectivity index is 1.64. The number of sulfonamides is 1. The number of fused-ring (bicyclic) bond motifs is 1. The molecule has 2 aromatic carbocycles. The SMILES string of the molecule is CC1COC(c2ccccc2)CN1S(=O)(=O)c1ccc2c(c1)OCO2. The second-order valence-corrected chi connectivity index (χ2v) is 8.06. The van der Waals surface area contributed by atoms with Gasteiger partial charge in [-0.1, -0.05) is 30.3 Å². The van der Waals surface area contributed by atoms with Crippen molar-refractivity contribution in [3.63, 3.8) is 0 Å². The van der Waals surface area contributed by atoms with E-state index in [0.29, 0.717) is 18.1 Å². The Morgan fingerprint density at radius 3 is 2.60 bits per heavy atom. The van der Waals surface area contributed by atoms with Crippen molar-refractivity contribution in [3.05, 3.63) is 54.1 Å². The average molecular weight is 361 g/mol. The molecule has 0 N–H and O–H groups in total. The lowest BCUT2D eigenvalue weighted by Gasteiger charge is -2.37. The predicted molar refractivity (Wildman–Crippen MR) is 91.1 cm³/mol. The van der Waals surface area contributed by atoms with E-state index in [4.69, 9.17) is 14.2 Å². The molecule has 0 radical (unpaired) electrons. The first kappa shape index (κ1) is 16.4. The van der Waals surface area contributed by atoms with Gasteiger partial charge >= 0.3 is 0 Å². The van der Waals surface area contributed by atoms with E-state index in [1.165, 1.54) is 10.4 Å². The molecule has 1 fully saturated rings. The summed E-state index contributed by atoms with van der Waals surface area (Å²) >= 11 is 0. The van der Waals surface area contributed by atoms with Gasteiger partial charge in [-0.05, 0) is 24.6 Å². The monoisotopic (exact) mass is 361 g/mol. The summed E-state index contributed by atoms with van der Waals surface area (Å²) in [5.74, 6) is 1.03. The normalized spacial score (nSPS) is 23.6. The third kappa shape index (κ3) is 2.99. The zero-order valence-electron chi connectivity index (χ0n) is 13.8. The molecule has 2 aromatic rings. The van der Waals surface area contributed by atoms with Gasteiger partial charge in [0.2, 0.25) is 16.8 Å². The molecule has 6 nitrogen and oxygen atoms in total. The van der Waals surface area contributed by atoms with Crippen LogP contribution in [0.4, 0.5) is 0 Å². The van der Waals surface area contributed by atoms with Gasteiger partial charge in [0, 0.05) is 18.7 Å². The molecule has 0 bridgehead atoms. The molecule has 0 amide bonds. The van der Waals surface area contributed by atoms with E-state index in [0.717, 1.165) is 5.56 Å². The minimum atomic E-state index is -3.66. The van der Waals surface area contributed by atoms with E-state index in [9.17, 15) is 8.42 Å². The third-order valence-corrected chi connectivity index (χ3v) is 6.47. The summed E-state index contributed by atoms with van der Waals surface area (Å²) in [6.45, 7) is 2.60. The van der Waals surface area contributed by atoms with Crippen LogP contribution in [0.15, 0.2) is 53.4 Å². The highest BCUT2D eigenvalue weighted by Crippen LogP contribution is 2.36. The highest BCUT2D eigenvalue weighted by Gasteiger charge is 2.36. The van der Waals surface area contributed by atoms with Gasteiger partial charge in [-0.15, -0.1) is 0 Å². The van der Waals surface area contributed by atoms with Gasteiger partial charge in [0.05, 0.1) is 17.6 Å². The van der Waals surface area contributed by atoms with Crippen LogP contribution in [0.5, 0.6) is 11.5 Å². The van der Waals surface area contributed by atoms with Crippen molar-refractivity contribution in [1.29, 1.82) is 0 Å². The minimum absolute atomic E-state index is 0.114. The lowest BCUT2D eigenvalue weighted by Crippen LogP contribution is -2.48. The van der Waals surface area contributed by atoms with Crippen molar-refractivity contribution >= 4 is 10.0 Å². The molecule has 2 aliphatic heterocycles. The first-order valence-corrected chi connectivity index (χ1v) is 9.58. The van der Waals surface area contributed by atoms with Crippen molar-refractivity contribution in [3.8, 4) is 11.5 Å². The molecule has 0 spiro atoms. The Hall–Kier alpha value is -2.09. The molecule has 2 heterocycles. The van der Waals surface area contributed by atoms with Crippen LogP contribution in [0.3, 0.4) is 0 Å². The topological polar surface area (TPSA) is 65.1 Å². The average Bonchev–Trinajstić information content (AvgIpc) is 3.10. The van der Waals surface area contributed by atoms with Crippen LogP contribution in [0.2, 0.25) is 0 Å². The lowest BCUT2D eigenvalue weighted by atomic mass is 10.1. The molecule has 2 aliphatic rings. The van der Waals surface area contributed by atoms with Crippen LogP contribution >= 0.6 is 0 Å². The van der Waals surface area contributed by atoms with E-state index in [2.05, 4.69) is 0 Å². The highest BCUT2D eigenvalue weighted by atomic mass is 32.2. The van der Waals surface area contributed by atoms with E-state index < -0.39 is 10.0 Å². The summed E-state index contributed by atoms with van der Waals surface area (Å²) in [5.41, 5.74) is 0.972. The van der Waals surface area contributed by atoms with Gasteiger partial charge in [0.15, 0.2) is 11.5 Å². The summed E-state index contributed by atoms with van der Waals surface area (Å²) in [4.78, 5) is 0.206. The van der Waals surface area contributed by atoms with Crippen molar-refractivity contribution in [2.45, 2.75) is 24.0 Å². The molecular weight excluding hydrogens is 342 g/mol. The Labute approximate surface area is 147 Å². The summed E-state index contributed by atoms with van der Waals surface area (Å²) < 4.78 is 44.2. The van der Waals surface area contributed by atoms with Gasteiger partial charge in [-0.3, -0.25) is 0 Å². The number of benzene rings is 2. The quantitative estimate of drug-likeness (QED) is 0.841. The molecule has 7 heteroatoms. The maximum atomic E-state index is 13.1. The van der Waals surface area contributed by atoms with Crippen LogP contribution in [0.25, 0.3) is 0 Å². The van der Waals surface area contributed by atoms with Gasteiger partial charge in [-0.2, -0.15) is 4.31 Å². The third-order valence-electron chi connectivity index (χ3n) is 4.50. The van der Waals surface area contributed by atoms with Crippen LogP contribution in [-0.4, -0.2) is 38.7 Å². The Kier molecular flexibility index (Phi) is 4.15. The van der Waals surface area contributed by atoms with E-state index in [1.54, 1.807) is 12.1 Å². The number of nitrogens with zero attached hydrogens (tertiary/aromatic N) is 1. The first-order valence-electron chi connectivity index (χ1n) is 8.14. The molecule has 1 saturated heterocycles. The molecular formula is C18H19NO5S. The zero-order valence-corrected chi connectivity index (χ0v) is 14.6. The zero-order chi connectivity index (χ0) is 17.4. The van der Waals surface area contributed by atoms with Gasteiger partial charge in [0.25, 0.3) is 0 Å². The van der Waals surface area contributed by atoms with Crippen LogP contribution in [0, 0.1) is 0 Å². The molecule has 2 unspecified atom stereocenters. The fourth-order valence-electron chi connectivity index (χ4n) is 3.11. The standard InChI is InChI=1S/C18H19NO5S/c1-13-11-22-18(14-5-3-2-4-6-14)10-19(13)25(20,21)15-7-8-16-17(9-15)24-12-23-16/h2-9,13,18H,10-12H2,1H3. The Morgan fingerprint density at radius 2 is 1.80 bits per heavy atom. The fraction of sp³-hybridized carbons (Fsp3) is 0.333. The lowest BCUT2D eigenvalue weighted by molar-refractivity contribution is -0.0288. The summed E-state index contributed by atoms with van der Waals surface area (Å²) in [6, 6.07) is 14.2. The van der Waals surface area contributed by atoms with Gasteiger partial charge < -0.3 is 14.2 Å². The number of hydrogen-bond acceptors (Lipinski definition) is 5. The van der Waals surface area contributed by atoms with Crippen LogP contribution < -0.4 is 9.47 Å². The molecule has 0 aromatic heterocycles. The molecule has 25 heavy (non-hydrogen) atoms. The second-order valence-electron chi connectivity index (χ2n) is 6.17. The maximum absolute atomic E-state index is 13.1. The van der Waals surface area contributed by atoms with E-state index >= 15 is 0 Å². The van der Waals surface area contributed by atoms with Crippen molar-refractivity contribution in [2.75, 3.05) is 19.9 Å². The summed E-state index contributed by atoms with van der Waals surface area (Å²) in [7, 11) is -3.66. The molecule has 0 aliphatic carbocycles. The van der Waals surface area contributed by atoms with Gasteiger partial charge in [-0.25, -0.2) is 8.42 Å². The smallest absolute Gasteiger partial charge is 0.243 e. The number of ether oxygens (including phenoxy) is 3. The number of hydrogen-bond donors (Lipinski definition) is 0. The van der Waals surface area contributed by atoms with Crippen molar-refractivity contribution in [2.24, 2.45) is 0 Å². The minimum Gasteiger partial charge on any atom is -0.454 e. The van der Waals surface area contributed by atoms with E-state index in [-0.39, 0.29) is 30.4 Å². The maximum Gasteiger partial charge on any atom is 0.243 e. The van der Waals surface area contributed by atoms with Crippen LogP contribution in [0.1, 0.15) is 18.6 Å². The Morgan fingerprint density at radius 1 is 1.04 bits per heavy atom. The van der Waals surface area contributed by atoms with E-state index in [1.807, 2.05) is 37.3 Å². The highest BCUT2D eigenvalue weighted by molar-refractivity contribution is 7.89. The number of rotatable bonds is 3. The predicted octanol–water partition coefficient (Wildman–Crippen LogP) is 2.57. The molecule has 4 rings (SSSR count). The van der Waals surface area contributed by atoms with Crippen molar-refractivity contribution in [1.82, 2.24) is 4.31 Å². The number of morpholine rings is 1. The molecule has 2 atom stereocenters. The van der Waals surface area contributed by atoms with Crippen molar-refractivity contribution < 1.29 is 22.6 Å². The molecule has 0 saturated carbocycles.